The summed E-state index contributed by atoms with van der Waals surface area (Å²) >= 11 is 13.8. The molecule has 0 atom stereocenters. The maximum Gasteiger partial charge on any atom is 0.260 e. The van der Waals surface area contributed by atoms with E-state index in [2.05, 4.69) is 9.97 Å². The van der Waals surface area contributed by atoms with Crippen LogP contribution in [0.15, 0.2) is 52.6 Å². The summed E-state index contributed by atoms with van der Waals surface area (Å²) in [4.78, 5) is 20.9. The lowest BCUT2D eigenvalue weighted by Crippen LogP contribution is -2.09. The lowest BCUT2D eigenvalue weighted by atomic mass is 10.0. The van der Waals surface area contributed by atoms with Crippen LogP contribution in [0, 0.1) is 6.92 Å². The molecule has 1 N–H and O–H groups in total. The number of hydrogen-bond acceptors (Lipinski definition) is 3. The van der Waals surface area contributed by atoms with E-state index in [1.54, 1.807) is 6.07 Å². The highest BCUT2D eigenvalue weighted by Crippen LogP contribution is 2.34. The average molecular weight is 387 g/mol. The number of benzene rings is 2. The Morgan fingerprint density at radius 3 is 2.60 bits per heavy atom. The van der Waals surface area contributed by atoms with Gasteiger partial charge in [-0.05, 0) is 42.3 Å². The summed E-state index contributed by atoms with van der Waals surface area (Å²) in [5.41, 5.74) is 3.31. The summed E-state index contributed by atoms with van der Waals surface area (Å²) in [6.07, 6.45) is 0. The highest BCUT2D eigenvalue weighted by atomic mass is 35.5. The Bertz CT molecular complexity index is 1160. The fourth-order valence-corrected chi connectivity index (χ4v) is 4.05. The van der Waals surface area contributed by atoms with Gasteiger partial charge in [-0.3, -0.25) is 4.79 Å². The molecule has 4 rings (SSSR count). The molecule has 0 aliphatic carbocycles. The number of aromatic amines is 1. The third kappa shape index (κ3) is 2.86. The van der Waals surface area contributed by atoms with Gasteiger partial charge in [-0.1, -0.05) is 41.4 Å². The minimum atomic E-state index is -0.177. The zero-order chi connectivity index (χ0) is 17.6. The van der Waals surface area contributed by atoms with Gasteiger partial charge in [0, 0.05) is 21.5 Å². The summed E-state index contributed by atoms with van der Waals surface area (Å²) in [5.74, 6) is 0.476. The summed E-state index contributed by atoms with van der Waals surface area (Å²) in [6.45, 7) is 1.94. The third-order valence-corrected chi connectivity index (χ3v) is 5.67. The van der Waals surface area contributed by atoms with Crippen LogP contribution in [0.2, 0.25) is 10.0 Å². The zero-order valence-corrected chi connectivity index (χ0v) is 15.5. The fraction of sp³-hybridized carbons (Fsp3) is 0.0526. The Kier molecular flexibility index (Phi) is 4.12. The number of nitrogens with zero attached hydrogens (tertiary/aromatic N) is 1. The van der Waals surface area contributed by atoms with Crippen molar-refractivity contribution in [3.63, 3.8) is 0 Å². The second-order valence-corrected chi connectivity index (χ2v) is 7.36. The molecule has 0 aliphatic rings. The number of H-pyrrole nitrogens is 1. The van der Waals surface area contributed by atoms with E-state index in [1.165, 1.54) is 11.3 Å². The van der Waals surface area contributed by atoms with Crippen molar-refractivity contribution in [3.05, 3.63) is 73.8 Å². The van der Waals surface area contributed by atoms with E-state index in [-0.39, 0.29) is 5.56 Å². The Morgan fingerprint density at radius 1 is 1.04 bits per heavy atom. The first-order valence-electron chi connectivity index (χ1n) is 7.57. The molecule has 0 unspecified atom stereocenters. The molecule has 25 heavy (non-hydrogen) atoms. The summed E-state index contributed by atoms with van der Waals surface area (Å²) in [7, 11) is 0. The molecule has 0 saturated carbocycles. The van der Waals surface area contributed by atoms with Gasteiger partial charge in [0.1, 0.15) is 10.7 Å². The van der Waals surface area contributed by atoms with Gasteiger partial charge in [0.15, 0.2) is 0 Å². The number of rotatable bonds is 2. The van der Waals surface area contributed by atoms with Gasteiger partial charge in [0.25, 0.3) is 5.56 Å². The van der Waals surface area contributed by atoms with Crippen molar-refractivity contribution >= 4 is 44.8 Å². The van der Waals surface area contributed by atoms with E-state index in [9.17, 15) is 4.79 Å². The first kappa shape index (κ1) is 16.3. The molecule has 124 valence electrons. The minimum Gasteiger partial charge on any atom is -0.306 e. The van der Waals surface area contributed by atoms with E-state index >= 15 is 0 Å². The second kappa shape index (κ2) is 6.30. The van der Waals surface area contributed by atoms with Gasteiger partial charge in [0.2, 0.25) is 0 Å². The number of hydrogen-bond donors (Lipinski definition) is 1. The number of halogens is 2. The maximum absolute atomic E-state index is 12.7. The van der Waals surface area contributed by atoms with Gasteiger partial charge in [-0.2, -0.15) is 0 Å². The Hall–Kier alpha value is -2.14. The molecular weight excluding hydrogens is 375 g/mol. The van der Waals surface area contributed by atoms with Crippen molar-refractivity contribution in [3.8, 4) is 22.5 Å². The molecule has 2 heterocycles. The molecule has 0 fully saturated rings. The van der Waals surface area contributed by atoms with Crippen LogP contribution in [0.5, 0.6) is 0 Å². The lowest BCUT2D eigenvalue weighted by molar-refractivity contribution is 1.19. The number of aromatic nitrogens is 2. The monoisotopic (exact) mass is 386 g/mol. The van der Waals surface area contributed by atoms with Gasteiger partial charge < -0.3 is 4.98 Å². The smallest absolute Gasteiger partial charge is 0.260 e. The summed E-state index contributed by atoms with van der Waals surface area (Å²) in [5, 5.41) is 3.79. The topological polar surface area (TPSA) is 45.8 Å². The van der Waals surface area contributed by atoms with Crippen LogP contribution in [-0.4, -0.2) is 9.97 Å². The molecule has 0 aliphatic heterocycles. The van der Waals surface area contributed by atoms with Gasteiger partial charge >= 0.3 is 0 Å². The minimum absolute atomic E-state index is 0.177. The lowest BCUT2D eigenvalue weighted by Gasteiger charge is -2.05. The van der Waals surface area contributed by atoms with E-state index < -0.39 is 0 Å². The Morgan fingerprint density at radius 2 is 1.84 bits per heavy atom. The molecule has 4 aromatic rings. The zero-order valence-electron chi connectivity index (χ0n) is 13.1. The number of aryl methyl sites for hydroxylation is 1. The molecule has 0 amide bonds. The van der Waals surface area contributed by atoms with Crippen molar-refractivity contribution < 1.29 is 0 Å². The Balaban J connectivity index is 1.92. The summed E-state index contributed by atoms with van der Waals surface area (Å²) in [6, 6.07) is 13.1. The van der Waals surface area contributed by atoms with Crippen LogP contribution in [0.4, 0.5) is 0 Å². The van der Waals surface area contributed by atoms with E-state index in [0.717, 1.165) is 16.7 Å². The van der Waals surface area contributed by atoms with Gasteiger partial charge in [0.05, 0.1) is 10.4 Å². The van der Waals surface area contributed by atoms with Crippen LogP contribution in [0.25, 0.3) is 32.7 Å². The number of fused-ring (bicyclic) bond motifs is 1. The normalized spacial score (nSPS) is 11.2. The fourth-order valence-electron chi connectivity index (χ4n) is 2.75. The van der Waals surface area contributed by atoms with Gasteiger partial charge in [-0.15, -0.1) is 11.3 Å². The van der Waals surface area contributed by atoms with Crippen molar-refractivity contribution in [2.45, 2.75) is 6.92 Å². The third-order valence-electron chi connectivity index (χ3n) is 4.04. The molecule has 2 aromatic carbocycles. The molecular formula is C19H12Cl2N2OS. The first-order valence-corrected chi connectivity index (χ1v) is 9.21. The van der Waals surface area contributed by atoms with Crippen LogP contribution >= 0.6 is 34.5 Å². The average Bonchev–Trinajstić information content (AvgIpc) is 3.02. The second-order valence-electron chi connectivity index (χ2n) is 5.69. The predicted octanol–water partition coefficient (Wildman–Crippen LogP) is 5.93. The molecule has 0 spiro atoms. The van der Waals surface area contributed by atoms with E-state index in [4.69, 9.17) is 23.2 Å². The quantitative estimate of drug-likeness (QED) is 0.463. The van der Waals surface area contributed by atoms with Crippen molar-refractivity contribution in [2.24, 2.45) is 0 Å². The molecule has 6 heteroatoms. The SMILES string of the molecule is Cc1cc(-c2csc3nc(-c4ccccc4Cl)[nH]c(=O)c23)ccc1Cl. The van der Waals surface area contributed by atoms with E-state index in [0.29, 0.717) is 31.6 Å². The van der Waals surface area contributed by atoms with Crippen LogP contribution in [0.3, 0.4) is 0 Å². The first-order chi connectivity index (χ1) is 12.0. The maximum atomic E-state index is 12.7. The van der Waals surface area contributed by atoms with Crippen molar-refractivity contribution in [1.29, 1.82) is 0 Å². The highest BCUT2D eigenvalue weighted by Gasteiger charge is 2.15. The standard InChI is InChI=1S/C19H12Cl2N2OS/c1-10-8-11(6-7-14(10)20)13-9-25-19-16(13)18(24)22-17(23-19)12-4-2-3-5-15(12)21/h2-9H,1H3,(H,22,23,24). The van der Waals surface area contributed by atoms with Crippen LogP contribution < -0.4 is 5.56 Å². The predicted molar refractivity (Wildman–Crippen MR) is 106 cm³/mol. The molecule has 0 bridgehead atoms. The largest absolute Gasteiger partial charge is 0.306 e. The molecule has 3 nitrogen and oxygen atoms in total. The van der Waals surface area contributed by atoms with Crippen LogP contribution in [-0.2, 0) is 0 Å². The van der Waals surface area contributed by atoms with Crippen LogP contribution in [0.1, 0.15) is 5.56 Å². The molecule has 2 aromatic heterocycles. The molecule has 0 saturated heterocycles. The summed E-state index contributed by atoms with van der Waals surface area (Å²) < 4.78 is 0. The van der Waals surface area contributed by atoms with E-state index in [1.807, 2.05) is 48.7 Å². The van der Waals surface area contributed by atoms with Crippen molar-refractivity contribution in [2.75, 3.05) is 0 Å². The number of nitrogens with one attached hydrogen (secondary N) is 1. The van der Waals surface area contributed by atoms with Crippen molar-refractivity contribution in [1.82, 2.24) is 9.97 Å². The Labute approximate surface area is 157 Å². The number of thiophene rings is 1. The highest BCUT2D eigenvalue weighted by molar-refractivity contribution is 7.17. The molecule has 0 radical (unpaired) electrons. The van der Waals surface area contributed by atoms with Gasteiger partial charge in [-0.25, -0.2) is 4.98 Å².